The average molecular weight is 154 g/mol. The van der Waals surface area contributed by atoms with Crippen LogP contribution < -0.4 is 0 Å². The predicted molar refractivity (Wildman–Crippen MR) is 41.0 cm³/mol. The zero-order chi connectivity index (χ0) is 7.84. The van der Waals surface area contributed by atoms with Gasteiger partial charge in [-0.15, -0.1) is 0 Å². The molecule has 0 aromatic rings. The SMILES string of the molecule is CC1CC[C@@H]2COC(=O)[C@@H]2C1. The van der Waals surface area contributed by atoms with E-state index >= 15 is 0 Å². The summed E-state index contributed by atoms with van der Waals surface area (Å²) < 4.78 is 5.01. The van der Waals surface area contributed by atoms with Crippen molar-refractivity contribution in [1.82, 2.24) is 0 Å². The average Bonchev–Trinajstić information content (AvgIpc) is 2.33. The molecule has 1 saturated heterocycles. The first-order valence-electron chi connectivity index (χ1n) is 4.44. The fourth-order valence-corrected chi connectivity index (χ4v) is 2.23. The Morgan fingerprint density at radius 3 is 3.09 bits per heavy atom. The minimum absolute atomic E-state index is 0.0570. The molecule has 2 aliphatic rings. The number of ether oxygens (including phenoxy) is 1. The van der Waals surface area contributed by atoms with Crippen molar-refractivity contribution in [1.29, 1.82) is 0 Å². The van der Waals surface area contributed by atoms with Gasteiger partial charge in [0.05, 0.1) is 12.5 Å². The summed E-state index contributed by atoms with van der Waals surface area (Å²) in [6.07, 6.45) is 3.53. The fourth-order valence-electron chi connectivity index (χ4n) is 2.23. The van der Waals surface area contributed by atoms with Crippen molar-refractivity contribution in [2.45, 2.75) is 26.2 Å². The van der Waals surface area contributed by atoms with E-state index in [4.69, 9.17) is 4.74 Å². The Morgan fingerprint density at radius 1 is 1.45 bits per heavy atom. The molecule has 1 unspecified atom stereocenters. The molecule has 0 N–H and O–H groups in total. The van der Waals surface area contributed by atoms with Crippen molar-refractivity contribution in [2.75, 3.05) is 6.61 Å². The molecule has 3 atom stereocenters. The lowest BCUT2D eigenvalue weighted by Gasteiger charge is -2.25. The molecular formula is C9H14O2. The Morgan fingerprint density at radius 2 is 2.27 bits per heavy atom. The smallest absolute Gasteiger partial charge is 0.309 e. The summed E-state index contributed by atoms with van der Waals surface area (Å²) in [4.78, 5) is 11.1. The highest BCUT2D eigenvalue weighted by molar-refractivity contribution is 5.74. The zero-order valence-electron chi connectivity index (χ0n) is 6.88. The van der Waals surface area contributed by atoms with Crippen LogP contribution in [0.4, 0.5) is 0 Å². The normalized spacial score (nSPS) is 43.4. The van der Waals surface area contributed by atoms with E-state index in [1.165, 1.54) is 12.8 Å². The van der Waals surface area contributed by atoms with E-state index in [0.29, 0.717) is 12.5 Å². The van der Waals surface area contributed by atoms with Crippen LogP contribution in [-0.2, 0) is 9.53 Å². The lowest BCUT2D eigenvalue weighted by atomic mass is 9.76. The molecule has 1 aliphatic carbocycles. The first-order chi connectivity index (χ1) is 5.27. The van der Waals surface area contributed by atoms with E-state index in [2.05, 4.69) is 6.92 Å². The zero-order valence-corrected chi connectivity index (χ0v) is 6.88. The molecule has 11 heavy (non-hydrogen) atoms. The topological polar surface area (TPSA) is 26.3 Å². The molecule has 0 spiro atoms. The minimum atomic E-state index is 0.0570. The molecule has 1 aliphatic heterocycles. The summed E-state index contributed by atoms with van der Waals surface area (Å²) in [5, 5.41) is 0. The molecule has 62 valence electrons. The van der Waals surface area contributed by atoms with Crippen LogP contribution in [0.1, 0.15) is 26.2 Å². The van der Waals surface area contributed by atoms with Gasteiger partial charge in [0.2, 0.25) is 0 Å². The summed E-state index contributed by atoms with van der Waals surface area (Å²) in [6, 6.07) is 0. The first-order valence-corrected chi connectivity index (χ1v) is 4.44. The molecule has 0 aromatic carbocycles. The number of fused-ring (bicyclic) bond motifs is 1. The lowest BCUT2D eigenvalue weighted by Crippen LogP contribution is -2.24. The Labute approximate surface area is 66.9 Å². The van der Waals surface area contributed by atoms with Crippen LogP contribution in [0.3, 0.4) is 0 Å². The number of carbonyl (C=O) groups excluding carboxylic acids is 1. The maximum atomic E-state index is 11.1. The van der Waals surface area contributed by atoms with Gasteiger partial charge in [-0.2, -0.15) is 0 Å². The Balaban J connectivity index is 2.07. The third kappa shape index (κ3) is 1.15. The van der Waals surface area contributed by atoms with Crippen molar-refractivity contribution >= 4 is 5.97 Å². The van der Waals surface area contributed by atoms with Crippen LogP contribution in [-0.4, -0.2) is 12.6 Å². The second kappa shape index (κ2) is 2.50. The Hall–Kier alpha value is -0.530. The molecule has 0 radical (unpaired) electrons. The summed E-state index contributed by atoms with van der Waals surface area (Å²) >= 11 is 0. The predicted octanol–water partition coefficient (Wildman–Crippen LogP) is 1.60. The van der Waals surface area contributed by atoms with Gasteiger partial charge in [0.1, 0.15) is 0 Å². The van der Waals surface area contributed by atoms with Gasteiger partial charge < -0.3 is 4.74 Å². The molecule has 0 amide bonds. The molecule has 2 heteroatoms. The number of hydrogen-bond donors (Lipinski definition) is 0. The molecule has 1 saturated carbocycles. The van der Waals surface area contributed by atoms with Crippen molar-refractivity contribution in [2.24, 2.45) is 17.8 Å². The maximum Gasteiger partial charge on any atom is 0.309 e. The third-order valence-corrected chi connectivity index (χ3v) is 3.00. The molecule has 2 nitrogen and oxygen atoms in total. The quantitative estimate of drug-likeness (QED) is 0.495. The van der Waals surface area contributed by atoms with E-state index < -0.39 is 0 Å². The third-order valence-electron chi connectivity index (χ3n) is 3.00. The van der Waals surface area contributed by atoms with E-state index in [-0.39, 0.29) is 11.9 Å². The summed E-state index contributed by atoms with van der Waals surface area (Å²) in [7, 11) is 0. The van der Waals surface area contributed by atoms with E-state index in [9.17, 15) is 4.79 Å². The number of cyclic esters (lactones) is 1. The van der Waals surface area contributed by atoms with Gasteiger partial charge in [-0.05, 0) is 18.8 Å². The van der Waals surface area contributed by atoms with Crippen LogP contribution in [0.25, 0.3) is 0 Å². The van der Waals surface area contributed by atoms with Crippen molar-refractivity contribution in [3.05, 3.63) is 0 Å². The highest BCUT2D eigenvalue weighted by Crippen LogP contribution is 2.38. The fraction of sp³-hybridized carbons (Fsp3) is 0.889. The van der Waals surface area contributed by atoms with Gasteiger partial charge in [-0.1, -0.05) is 13.3 Å². The second-order valence-electron chi connectivity index (χ2n) is 3.91. The van der Waals surface area contributed by atoms with Crippen LogP contribution in [0, 0.1) is 17.8 Å². The van der Waals surface area contributed by atoms with Crippen molar-refractivity contribution < 1.29 is 9.53 Å². The number of carbonyl (C=O) groups is 1. The van der Waals surface area contributed by atoms with E-state index in [1.807, 2.05) is 0 Å². The molecule has 0 aromatic heterocycles. The van der Waals surface area contributed by atoms with Crippen LogP contribution >= 0.6 is 0 Å². The maximum absolute atomic E-state index is 11.1. The standard InChI is InChI=1S/C9H14O2/c1-6-2-3-7-5-11-9(10)8(7)4-6/h6-8H,2-5H2,1H3/t6?,7-,8-/m1/s1. The molecule has 2 fully saturated rings. The van der Waals surface area contributed by atoms with Gasteiger partial charge in [-0.25, -0.2) is 0 Å². The van der Waals surface area contributed by atoms with E-state index in [0.717, 1.165) is 12.3 Å². The van der Waals surface area contributed by atoms with Crippen LogP contribution in [0.15, 0.2) is 0 Å². The van der Waals surface area contributed by atoms with Gasteiger partial charge in [0, 0.05) is 5.92 Å². The number of esters is 1. The van der Waals surface area contributed by atoms with Gasteiger partial charge in [0.25, 0.3) is 0 Å². The highest BCUT2D eigenvalue weighted by Gasteiger charge is 2.40. The molecular weight excluding hydrogens is 140 g/mol. The van der Waals surface area contributed by atoms with Crippen molar-refractivity contribution in [3.8, 4) is 0 Å². The highest BCUT2D eigenvalue weighted by atomic mass is 16.5. The number of rotatable bonds is 0. The lowest BCUT2D eigenvalue weighted by molar-refractivity contribution is -0.141. The van der Waals surface area contributed by atoms with Gasteiger partial charge in [0.15, 0.2) is 0 Å². The van der Waals surface area contributed by atoms with Crippen molar-refractivity contribution in [3.63, 3.8) is 0 Å². The van der Waals surface area contributed by atoms with Gasteiger partial charge >= 0.3 is 5.97 Å². The molecule has 0 bridgehead atoms. The summed E-state index contributed by atoms with van der Waals surface area (Å²) in [6.45, 7) is 2.91. The monoisotopic (exact) mass is 154 g/mol. The van der Waals surface area contributed by atoms with Gasteiger partial charge in [-0.3, -0.25) is 4.79 Å². The second-order valence-corrected chi connectivity index (χ2v) is 3.91. The van der Waals surface area contributed by atoms with Crippen LogP contribution in [0.2, 0.25) is 0 Å². The van der Waals surface area contributed by atoms with Crippen LogP contribution in [0.5, 0.6) is 0 Å². The molecule has 1 heterocycles. The Kier molecular flexibility index (Phi) is 1.63. The summed E-state index contributed by atoms with van der Waals surface area (Å²) in [5.74, 6) is 1.58. The minimum Gasteiger partial charge on any atom is -0.465 e. The number of hydrogen-bond acceptors (Lipinski definition) is 2. The first kappa shape index (κ1) is 7.14. The van der Waals surface area contributed by atoms with E-state index in [1.54, 1.807) is 0 Å². The summed E-state index contributed by atoms with van der Waals surface area (Å²) in [5.41, 5.74) is 0. The molecule has 2 rings (SSSR count). The Bertz CT molecular complexity index is 176. The largest absolute Gasteiger partial charge is 0.465 e.